The van der Waals surface area contributed by atoms with Crippen molar-refractivity contribution in [3.05, 3.63) is 95.0 Å². The zero-order chi connectivity index (χ0) is 15.9. The van der Waals surface area contributed by atoms with Gasteiger partial charge in [0.25, 0.3) is 0 Å². The van der Waals surface area contributed by atoms with Gasteiger partial charge in [-0.3, -0.25) is 0 Å². The van der Waals surface area contributed by atoms with Crippen molar-refractivity contribution >= 4 is 11.6 Å². The van der Waals surface area contributed by atoms with Crippen molar-refractivity contribution in [3.8, 4) is 11.5 Å². The lowest BCUT2D eigenvalue weighted by Crippen LogP contribution is -1.98. The van der Waals surface area contributed by atoms with Crippen LogP contribution in [0.4, 0.5) is 0 Å². The zero-order valence-electron chi connectivity index (χ0n) is 12.6. The van der Waals surface area contributed by atoms with E-state index in [1.165, 1.54) is 0 Å². The summed E-state index contributed by atoms with van der Waals surface area (Å²) in [5.41, 5.74) is 2.22. The predicted molar refractivity (Wildman–Crippen MR) is 93.0 cm³/mol. The first kappa shape index (κ1) is 15.4. The van der Waals surface area contributed by atoms with Gasteiger partial charge >= 0.3 is 0 Å². The van der Waals surface area contributed by atoms with Gasteiger partial charge in [0.05, 0.1) is 0 Å². The van der Waals surface area contributed by atoms with Crippen LogP contribution in [0.15, 0.2) is 78.9 Å². The van der Waals surface area contributed by atoms with Gasteiger partial charge < -0.3 is 9.47 Å². The fourth-order valence-corrected chi connectivity index (χ4v) is 2.40. The number of rotatable bonds is 6. The highest BCUT2D eigenvalue weighted by Crippen LogP contribution is 2.27. The summed E-state index contributed by atoms with van der Waals surface area (Å²) in [6.07, 6.45) is 0. The highest BCUT2D eigenvalue weighted by molar-refractivity contribution is 6.30. The third kappa shape index (κ3) is 4.76. The molecule has 0 fully saturated rings. The van der Waals surface area contributed by atoms with Crippen molar-refractivity contribution in [2.75, 3.05) is 0 Å². The second-order valence-corrected chi connectivity index (χ2v) is 5.61. The van der Waals surface area contributed by atoms with E-state index >= 15 is 0 Å². The first-order valence-corrected chi connectivity index (χ1v) is 7.81. The Morgan fingerprint density at radius 1 is 0.609 bits per heavy atom. The van der Waals surface area contributed by atoms with Gasteiger partial charge in [-0.1, -0.05) is 72.3 Å². The van der Waals surface area contributed by atoms with Crippen molar-refractivity contribution in [2.45, 2.75) is 13.2 Å². The van der Waals surface area contributed by atoms with Gasteiger partial charge in [-0.15, -0.1) is 0 Å². The molecule has 0 aliphatic carbocycles. The predicted octanol–water partition coefficient (Wildman–Crippen LogP) is 5.50. The highest BCUT2D eigenvalue weighted by Gasteiger charge is 2.03. The van der Waals surface area contributed by atoms with Crippen LogP contribution in [-0.2, 0) is 13.2 Å². The van der Waals surface area contributed by atoms with E-state index in [1.807, 2.05) is 66.7 Å². The van der Waals surface area contributed by atoms with E-state index in [2.05, 4.69) is 0 Å². The quantitative estimate of drug-likeness (QED) is 0.596. The van der Waals surface area contributed by atoms with Crippen LogP contribution in [0.5, 0.6) is 11.5 Å². The molecule has 0 heterocycles. The van der Waals surface area contributed by atoms with Gasteiger partial charge in [-0.05, 0) is 23.3 Å². The highest BCUT2D eigenvalue weighted by atomic mass is 35.5. The van der Waals surface area contributed by atoms with Gasteiger partial charge in [-0.25, -0.2) is 0 Å². The molecule has 3 aromatic carbocycles. The second-order valence-electron chi connectivity index (χ2n) is 5.17. The summed E-state index contributed by atoms with van der Waals surface area (Å²) in [6, 6.07) is 25.5. The minimum atomic E-state index is 0.499. The van der Waals surface area contributed by atoms with E-state index in [-0.39, 0.29) is 0 Å². The van der Waals surface area contributed by atoms with Crippen molar-refractivity contribution < 1.29 is 9.47 Å². The first-order valence-electron chi connectivity index (χ1n) is 7.44. The molecule has 0 aromatic heterocycles. The van der Waals surface area contributed by atoms with Crippen molar-refractivity contribution in [1.29, 1.82) is 0 Å². The third-order valence-corrected chi connectivity index (χ3v) is 3.56. The summed E-state index contributed by atoms with van der Waals surface area (Å²) >= 11 is 6.15. The van der Waals surface area contributed by atoms with E-state index in [1.54, 1.807) is 12.1 Å². The smallest absolute Gasteiger partial charge is 0.124 e. The van der Waals surface area contributed by atoms with Crippen LogP contribution < -0.4 is 9.47 Å². The minimum absolute atomic E-state index is 0.499. The van der Waals surface area contributed by atoms with E-state index in [4.69, 9.17) is 21.1 Å². The van der Waals surface area contributed by atoms with Crippen LogP contribution in [0.25, 0.3) is 0 Å². The fraction of sp³-hybridized carbons (Fsp3) is 0.100. The monoisotopic (exact) mass is 324 g/mol. The van der Waals surface area contributed by atoms with Crippen LogP contribution in [0, 0.1) is 0 Å². The maximum absolute atomic E-state index is 6.15. The minimum Gasteiger partial charge on any atom is -0.489 e. The normalized spacial score (nSPS) is 10.3. The summed E-state index contributed by atoms with van der Waals surface area (Å²) in [5.74, 6) is 1.40. The van der Waals surface area contributed by atoms with Gasteiger partial charge in [0.15, 0.2) is 0 Å². The summed E-state index contributed by atoms with van der Waals surface area (Å²) < 4.78 is 11.6. The molecule has 0 saturated carbocycles. The Balaban J connectivity index is 1.64. The molecule has 0 atom stereocenters. The molecule has 2 nitrogen and oxygen atoms in total. The molecule has 0 unspecified atom stereocenters. The van der Waals surface area contributed by atoms with E-state index in [0.717, 1.165) is 11.1 Å². The molecule has 116 valence electrons. The van der Waals surface area contributed by atoms with Crippen molar-refractivity contribution in [3.63, 3.8) is 0 Å². The number of halogens is 1. The Hall–Kier alpha value is -2.45. The summed E-state index contributed by atoms with van der Waals surface area (Å²) in [6.45, 7) is 0.999. The van der Waals surface area contributed by atoms with Crippen LogP contribution in [0.1, 0.15) is 11.1 Å². The lowest BCUT2D eigenvalue weighted by molar-refractivity contribution is 0.290. The summed E-state index contributed by atoms with van der Waals surface area (Å²) in [5, 5.41) is 0.596. The molecule has 0 aliphatic rings. The summed E-state index contributed by atoms with van der Waals surface area (Å²) in [4.78, 5) is 0. The molecule has 0 radical (unpaired) electrons. The zero-order valence-corrected chi connectivity index (χ0v) is 13.4. The average molecular weight is 325 g/mol. The van der Waals surface area contributed by atoms with E-state index in [0.29, 0.717) is 29.7 Å². The SMILES string of the molecule is Clc1cc(OCc2ccccc2)cc(OCc2ccccc2)c1. The van der Waals surface area contributed by atoms with E-state index in [9.17, 15) is 0 Å². The molecule has 23 heavy (non-hydrogen) atoms. The molecule has 3 aromatic rings. The van der Waals surface area contributed by atoms with Gasteiger partial charge in [-0.2, -0.15) is 0 Å². The topological polar surface area (TPSA) is 18.5 Å². The van der Waals surface area contributed by atoms with Crippen LogP contribution in [0.3, 0.4) is 0 Å². The Kier molecular flexibility index (Phi) is 5.17. The molecule has 0 amide bonds. The number of ether oxygens (including phenoxy) is 2. The van der Waals surface area contributed by atoms with Crippen LogP contribution >= 0.6 is 11.6 Å². The number of hydrogen-bond donors (Lipinski definition) is 0. The van der Waals surface area contributed by atoms with Crippen molar-refractivity contribution in [2.24, 2.45) is 0 Å². The molecular weight excluding hydrogens is 308 g/mol. The molecule has 0 bridgehead atoms. The fourth-order valence-electron chi connectivity index (χ4n) is 2.19. The lowest BCUT2D eigenvalue weighted by atomic mass is 10.2. The van der Waals surface area contributed by atoms with Gasteiger partial charge in [0.2, 0.25) is 0 Å². The van der Waals surface area contributed by atoms with E-state index < -0.39 is 0 Å². The molecule has 0 N–H and O–H groups in total. The third-order valence-electron chi connectivity index (χ3n) is 3.34. The molecule has 0 spiro atoms. The largest absolute Gasteiger partial charge is 0.489 e. The maximum Gasteiger partial charge on any atom is 0.124 e. The maximum atomic E-state index is 6.15. The van der Waals surface area contributed by atoms with Crippen LogP contribution in [0.2, 0.25) is 5.02 Å². The Morgan fingerprint density at radius 2 is 1.04 bits per heavy atom. The molecule has 0 aliphatic heterocycles. The molecular formula is C20H17ClO2. The first-order chi connectivity index (χ1) is 11.3. The second kappa shape index (κ2) is 7.70. The standard InChI is InChI=1S/C20H17ClO2/c21-18-11-19(22-14-16-7-3-1-4-8-16)13-20(12-18)23-15-17-9-5-2-6-10-17/h1-13H,14-15H2. The lowest BCUT2D eigenvalue weighted by Gasteiger charge is -2.11. The number of hydrogen-bond acceptors (Lipinski definition) is 2. The Morgan fingerprint density at radius 3 is 1.48 bits per heavy atom. The Bertz CT molecular complexity index is 680. The number of benzene rings is 3. The van der Waals surface area contributed by atoms with Gasteiger partial charge in [0.1, 0.15) is 24.7 Å². The van der Waals surface area contributed by atoms with Crippen LogP contribution in [-0.4, -0.2) is 0 Å². The Labute approximate surface area is 141 Å². The molecule has 3 heteroatoms. The molecule has 0 saturated heterocycles. The molecule has 3 rings (SSSR count). The average Bonchev–Trinajstić information content (AvgIpc) is 2.60. The summed E-state index contributed by atoms with van der Waals surface area (Å²) in [7, 11) is 0. The van der Waals surface area contributed by atoms with Gasteiger partial charge in [0, 0.05) is 11.1 Å². The van der Waals surface area contributed by atoms with Crippen molar-refractivity contribution in [1.82, 2.24) is 0 Å².